The Hall–Kier alpha value is -1.22. The predicted octanol–water partition coefficient (Wildman–Crippen LogP) is 8.51. The van der Waals surface area contributed by atoms with E-state index in [9.17, 15) is 8.78 Å². The van der Waals surface area contributed by atoms with E-state index >= 15 is 0 Å². The lowest BCUT2D eigenvalue weighted by atomic mass is 9.67. The van der Waals surface area contributed by atoms with Gasteiger partial charge >= 0.3 is 0 Å². The topological polar surface area (TPSA) is 9.23 Å². The average Bonchev–Trinajstić information content (AvgIpc) is 3.29. The normalized spacial score (nSPS) is 33.3. The molecule has 1 aromatic carbocycles. The third-order valence-electron chi connectivity index (χ3n) is 8.78. The molecule has 1 aromatic rings. The summed E-state index contributed by atoms with van der Waals surface area (Å²) in [5, 5.41) is 0. The van der Waals surface area contributed by atoms with Gasteiger partial charge in [-0.25, -0.2) is 8.78 Å². The molecule has 0 spiro atoms. The lowest BCUT2D eigenvalue weighted by Gasteiger charge is -2.39. The summed E-state index contributed by atoms with van der Waals surface area (Å²) < 4.78 is 35.7. The zero-order valence-corrected chi connectivity index (χ0v) is 20.0. The van der Waals surface area contributed by atoms with Crippen LogP contribution in [0.15, 0.2) is 24.8 Å². The Morgan fingerprint density at radius 3 is 2.19 bits per heavy atom. The molecule has 2 aliphatic carbocycles. The number of ether oxygens (including phenoxy) is 1. The first kappa shape index (κ1) is 23.9. The Morgan fingerprint density at radius 2 is 1.53 bits per heavy atom. The molecule has 4 rings (SSSR count). The molecule has 0 amide bonds. The first-order valence-corrected chi connectivity index (χ1v) is 13.3. The summed E-state index contributed by atoms with van der Waals surface area (Å²) in [6, 6.07) is 3.64. The highest BCUT2D eigenvalue weighted by atomic mass is 19.2. The molecule has 178 valence electrons. The summed E-state index contributed by atoms with van der Waals surface area (Å²) in [5.41, 5.74) is 1.08. The maximum Gasteiger partial charge on any atom is 0.162 e. The van der Waals surface area contributed by atoms with Gasteiger partial charge in [-0.15, -0.1) is 6.58 Å². The van der Waals surface area contributed by atoms with Gasteiger partial charge in [0, 0.05) is 0 Å². The molecule has 2 saturated carbocycles. The Balaban J connectivity index is 1.25. The Bertz CT molecular complexity index is 744. The molecule has 32 heavy (non-hydrogen) atoms. The van der Waals surface area contributed by atoms with E-state index in [4.69, 9.17) is 4.74 Å². The highest BCUT2D eigenvalue weighted by Gasteiger charge is 2.37. The van der Waals surface area contributed by atoms with Gasteiger partial charge in [0.05, 0.1) is 12.2 Å². The van der Waals surface area contributed by atoms with Crippen molar-refractivity contribution in [3.8, 4) is 0 Å². The van der Waals surface area contributed by atoms with Crippen molar-refractivity contribution in [3.63, 3.8) is 0 Å². The van der Waals surface area contributed by atoms with Crippen molar-refractivity contribution < 1.29 is 13.5 Å². The standard InChI is InChI=1S/C29H42F2O/c1-3-5-7-24-16-18-26(29(31)28(24)30)22-12-8-20(9-13-22)21-10-14-23(15-11-21)27-19-17-25(32-27)6-4-2/h3,16,18,20-23,25,27H,1,4-15,17,19H2,2H3. The van der Waals surface area contributed by atoms with Crippen LogP contribution in [-0.4, -0.2) is 12.2 Å². The van der Waals surface area contributed by atoms with Gasteiger partial charge < -0.3 is 4.74 Å². The van der Waals surface area contributed by atoms with Crippen LogP contribution in [0.1, 0.15) is 107 Å². The SMILES string of the molecule is C=CCCc1ccc(C2CCC(C3CCC(C4CCC(CCC)O4)CC3)CC2)c(F)c1F. The second-order valence-electron chi connectivity index (χ2n) is 10.7. The van der Waals surface area contributed by atoms with Crippen LogP contribution in [0.4, 0.5) is 8.78 Å². The molecular weight excluding hydrogens is 402 g/mol. The molecule has 1 heterocycles. The summed E-state index contributed by atoms with van der Waals surface area (Å²) in [7, 11) is 0. The van der Waals surface area contributed by atoms with Gasteiger partial charge in [0.1, 0.15) is 0 Å². The lowest BCUT2D eigenvalue weighted by Crippen LogP contribution is -2.30. The van der Waals surface area contributed by atoms with Crippen LogP contribution in [-0.2, 0) is 11.2 Å². The summed E-state index contributed by atoms with van der Waals surface area (Å²) >= 11 is 0. The van der Waals surface area contributed by atoms with Crippen molar-refractivity contribution in [1.29, 1.82) is 0 Å². The Labute approximate surface area is 194 Å². The summed E-state index contributed by atoms with van der Waals surface area (Å²) in [5.74, 6) is 1.29. The highest BCUT2D eigenvalue weighted by Crippen LogP contribution is 2.46. The van der Waals surface area contributed by atoms with Crippen molar-refractivity contribution in [2.75, 3.05) is 0 Å². The fraction of sp³-hybridized carbons (Fsp3) is 0.724. The minimum atomic E-state index is -0.639. The van der Waals surface area contributed by atoms with Crippen LogP contribution in [0.25, 0.3) is 0 Å². The van der Waals surface area contributed by atoms with Gasteiger partial charge in [0.25, 0.3) is 0 Å². The van der Waals surface area contributed by atoms with E-state index in [1.165, 1.54) is 51.4 Å². The third-order valence-corrected chi connectivity index (χ3v) is 8.78. The number of benzene rings is 1. The number of rotatable bonds is 8. The molecule has 0 radical (unpaired) electrons. The maximum atomic E-state index is 14.8. The van der Waals surface area contributed by atoms with Crippen molar-refractivity contribution in [1.82, 2.24) is 0 Å². The second-order valence-corrected chi connectivity index (χ2v) is 10.7. The van der Waals surface area contributed by atoms with Gasteiger partial charge in [0.2, 0.25) is 0 Å². The zero-order chi connectivity index (χ0) is 22.5. The molecule has 0 bridgehead atoms. The van der Waals surface area contributed by atoms with Gasteiger partial charge in [-0.2, -0.15) is 0 Å². The fourth-order valence-corrected chi connectivity index (χ4v) is 6.87. The Kier molecular flexibility index (Phi) is 8.43. The maximum absolute atomic E-state index is 14.8. The first-order valence-electron chi connectivity index (χ1n) is 13.3. The summed E-state index contributed by atoms with van der Waals surface area (Å²) in [6.07, 6.45) is 18.6. The molecule has 0 aromatic heterocycles. The van der Waals surface area contributed by atoms with Crippen LogP contribution in [0.3, 0.4) is 0 Å². The van der Waals surface area contributed by atoms with E-state index < -0.39 is 11.6 Å². The van der Waals surface area contributed by atoms with Crippen molar-refractivity contribution in [2.45, 2.75) is 115 Å². The van der Waals surface area contributed by atoms with Gasteiger partial charge in [-0.3, -0.25) is 0 Å². The van der Waals surface area contributed by atoms with Crippen molar-refractivity contribution in [2.24, 2.45) is 17.8 Å². The number of aryl methyl sites for hydroxylation is 1. The molecule has 1 nitrogen and oxygen atoms in total. The second kappa shape index (κ2) is 11.3. The molecule has 2 unspecified atom stereocenters. The van der Waals surface area contributed by atoms with Crippen LogP contribution < -0.4 is 0 Å². The lowest BCUT2D eigenvalue weighted by molar-refractivity contribution is -0.0111. The monoisotopic (exact) mass is 444 g/mol. The van der Waals surface area contributed by atoms with Crippen LogP contribution in [0, 0.1) is 29.4 Å². The van der Waals surface area contributed by atoms with E-state index in [-0.39, 0.29) is 5.92 Å². The molecule has 0 N–H and O–H groups in total. The van der Waals surface area contributed by atoms with Crippen LogP contribution in [0.2, 0.25) is 0 Å². The number of halogens is 2. The molecule has 1 aliphatic heterocycles. The van der Waals surface area contributed by atoms with Gasteiger partial charge in [-0.05, 0) is 118 Å². The minimum absolute atomic E-state index is 0.174. The van der Waals surface area contributed by atoms with E-state index in [0.29, 0.717) is 36.2 Å². The van der Waals surface area contributed by atoms with Crippen LogP contribution >= 0.6 is 0 Å². The molecule has 3 aliphatic rings. The van der Waals surface area contributed by atoms with Crippen LogP contribution in [0.5, 0.6) is 0 Å². The summed E-state index contributed by atoms with van der Waals surface area (Å²) in [4.78, 5) is 0. The average molecular weight is 445 g/mol. The number of hydrogen-bond donors (Lipinski definition) is 0. The molecule has 3 fully saturated rings. The van der Waals surface area contributed by atoms with E-state index in [2.05, 4.69) is 13.5 Å². The fourth-order valence-electron chi connectivity index (χ4n) is 6.87. The van der Waals surface area contributed by atoms with E-state index in [0.717, 1.165) is 43.4 Å². The van der Waals surface area contributed by atoms with Gasteiger partial charge in [0.15, 0.2) is 11.6 Å². The largest absolute Gasteiger partial charge is 0.375 e. The smallest absolute Gasteiger partial charge is 0.162 e. The third kappa shape index (κ3) is 5.46. The molecule has 3 heteroatoms. The minimum Gasteiger partial charge on any atom is -0.375 e. The van der Waals surface area contributed by atoms with E-state index in [1.54, 1.807) is 12.1 Å². The molecule has 1 saturated heterocycles. The van der Waals surface area contributed by atoms with E-state index in [1.807, 2.05) is 6.07 Å². The number of hydrogen-bond acceptors (Lipinski definition) is 1. The summed E-state index contributed by atoms with van der Waals surface area (Å²) in [6.45, 7) is 5.93. The highest BCUT2D eigenvalue weighted by molar-refractivity contribution is 5.29. The molecular formula is C29H42F2O. The quantitative estimate of drug-likeness (QED) is 0.365. The van der Waals surface area contributed by atoms with Crippen molar-refractivity contribution in [3.05, 3.63) is 47.5 Å². The Morgan fingerprint density at radius 1 is 0.875 bits per heavy atom. The molecule has 2 atom stereocenters. The number of allylic oxidation sites excluding steroid dienone is 1. The van der Waals surface area contributed by atoms with Gasteiger partial charge in [-0.1, -0.05) is 31.6 Å². The zero-order valence-electron chi connectivity index (χ0n) is 20.0. The van der Waals surface area contributed by atoms with Crippen molar-refractivity contribution >= 4 is 0 Å². The first-order chi connectivity index (χ1) is 15.6. The predicted molar refractivity (Wildman–Crippen MR) is 128 cm³/mol.